The van der Waals surface area contributed by atoms with Crippen molar-refractivity contribution < 1.29 is 9.18 Å². The van der Waals surface area contributed by atoms with Crippen LogP contribution in [0.5, 0.6) is 0 Å². The lowest BCUT2D eigenvalue weighted by Gasteiger charge is -2.16. The van der Waals surface area contributed by atoms with Crippen molar-refractivity contribution in [3.05, 3.63) is 65.2 Å². The van der Waals surface area contributed by atoms with Crippen molar-refractivity contribution in [1.29, 1.82) is 0 Å². The summed E-state index contributed by atoms with van der Waals surface area (Å²) in [6.45, 7) is 4.02. The highest BCUT2D eigenvalue weighted by atomic mass is 79.9. The monoisotopic (exact) mass is 555 g/mol. The van der Waals surface area contributed by atoms with Crippen LogP contribution in [0.25, 0.3) is 10.9 Å². The Morgan fingerprint density at radius 1 is 1.34 bits per heavy atom. The number of benzene rings is 2. The summed E-state index contributed by atoms with van der Waals surface area (Å²) in [7, 11) is 2.08. The number of rotatable bonds is 5. The van der Waals surface area contributed by atoms with Crippen LogP contribution in [0.1, 0.15) is 18.9 Å². The molecule has 0 aliphatic carbocycles. The summed E-state index contributed by atoms with van der Waals surface area (Å²) >= 11 is 9.21. The van der Waals surface area contributed by atoms with Crippen LogP contribution in [0, 0.1) is 23.1 Å². The fourth-order valence-corrected chi connectivity index (χ4v) is 4.34. The number of carbonyl (C=O) groups excluding carboxylic acids is 1. The number of aromatic nitrogens is 2. The lowest BCUT2D eigenvalue weighted by Crippen LogP contribution is -2.20. The van der Waals surface area contributed by atoms with E-state index in [0.717, 1.165) is 19.5 Å². The molecule has 6 nitrogen and oxygen atoms in total. The van der Waals surface area contributed by atoms with E-state index in [4.69, 9.17) is 11.6 Å². The number of carbonyl (C=O) groups is 1. The highest BCUT2D eigenvalue weighted by molar-refractivity contribution is 9.09. The topological polar surface area (TPSA) is 70.2 Å². The average Bonchev–Trinajstić information content (AvgIpc) is 3.18. The molecule has 0 unspecified atom stereocenters. The van der Waals surface area contributed by atoms with Crippen LogP contribution in [-0.4, -0.2) is 46.2 Å². The first-order valence-corrected chi connectivity index (χ1v) is 12.5. The van der Waals surface area contributed by atoms with E-state index in [1.165, 1.54) is 18.5 Å². The predicted octanol–water partition coefficient (Wildman–Crippen LogP) is 5.75. The number of fused-ring (bicyclic) bond motifs is 1. The van der Waals surface area contributed by atoms with E-state index in [0.29, 0.717) is 33.3 Å². The first kappa shape index (κ1) is 25.1. The van der Waals surface area contributed by atoms with Crippen molar-refractivity contribution in [2.45, 2.75) is 13.3 Å². The lowest BCUT2D eigenvalue weighted by atomic mass is 9.90. The molecular weight excluding hydrogens is 533 g/mol. The number of anilines is 3. The Kier molecular flexibility index (Phi) is 7.70. The van der Waals surface area contributed by atoms with Gasteiger partial charge in [-0.2, -0.15) is 0 Å². The van der Waals surface area contributed by atoms with E-state index < -0.39 is 5.82 Å². The third-order valence-electron chi connectivity index (χ3n) is 5.76. The smallest absolute Gasteiger partial charge is 0.248 e. The molecule has 9 heteroatoms. The summed E-state index contributed by atoms with van der Waals surface area (Å²) in [5.41, 5.74) is 1.83. The number of amides is 1. The lowest BCUT2D eigenvalue weighted by molar-refractivity contribution is -0.111. The Balaban J connectivity index is 1.78. The van der Waals surface area contributed by atoms with Crippen molar-refractivity contribution in [3.63, 3.8) is 0 Å². The van der Waals surface area contributed by atoms with Gasteiger partial charge in [-0.15, -0.1) is 0 Å². The normalized spacial score (nSPS) is 18.0. The molecule has 0 spiro atoms. The number of allylic oxidation sites excluding steroid dienone is 1. The molecule has 1 aromatic heterocycles. The van der Waals surface area contributed by atoms with Gasteiger partial charge in [0, 0.05) is 28.8 Å². The minimum absolute atomic E-state index is 0.00325. The molecule has 0 radical (unpaired) electrons. The molecule has 1 amide bonds. The molecule has 1 aliphatic heterocycles. The molecule has 1 saturated heterocycles. The van der Waals surface area contributed by atoms with Gasteiger partial charge in [0.05, 0.1) is 27.5 Å². The molecule has 1 aliphatic rings. The van der Waals surface area contributed by atoms with E-state index in [2.05, 4.69) is 67.2 Å². The first-order valence-electron chi connectivity index (χ1n) is 11.0. The highest BCUT2D eigenvalue weighted by Gasteiger charge is 2.30. The fraction of sp³-hybridized carbons (Fsp3) is 0.269. The predicted molar refractivity (Wildman–Crippen MR) is 143 cm³/mol. The highest BCUT2D eigenvalue weighted by Crippen LogP contribution is 2.32. The van der Waals surface area contributed by atoms with E-state index in [9.17, 15) is 9.18 Å². The van der Waals surface area contributed by atoms with E-state index in [1.54, 1.807) is 24.3 Å². The van der Waals surface area contributed by atoms with Crippen LogP contribution >= 0.6 is 27.5 Å². The molecular formula is C26H24BrClFN5O. The molecule has 35 heavy (non-hydrogen) atoms. The van der Waals surface area contributed by atoms with Gasteiger partial charge < -0.3 is 15.5 Å². The molecule has 2 heterocycles. The average molecular weight is 557 g/mol. The largest absolute Gasteiger partial charge is 0.337 e. The van der Waals surface area contributed by atoms with Gasteiger partial charge in [-0.3, -0.25) is 4.79 Å². The zero-order valence-corrected chi connectivity index (χ0v) is 21.7. The number of nitrogens with one attached hydrogen (secondary N) is 2. The Bertz CT molecular complexity index is 1370. The van der Waals surface area contributed by atoms with E-state index >= 15 is 0 Å². The maximum atomic E-state index is 14.5. The van der Waals surface area contributed by atoms with Crippen LogP contribution in [0.3, 0.4) is 0 Å². The van der Waals surface area contributed by atoms with Crippen LogP contribution in [-0.2, 0) is 4.79 Å². The quantitative estimate of drug-likeness (QED) is 0.238. The van der Waals surface area contributed by atoms with Gasteiger partial charge in [-0.25, -0.2) is 14.4 Å². The van der Waals surface area contributed by atoms with Crippen molar-refractivity contribution in [1.82, 2.24) is 14.9 Å². The molecule has 1 atom stereocenters. The molecule has 0 bridgehead atoms. The van der Waals surface area contributed by atoms with E-state index in [-0.39, 0.29) is 22.0 Å². The second-order valence-electron chi connectivity index (χ2n) is 8.71. The van der Waals surface area contributed by atoms with Crippen LogP contribution in [0.2, 0.25) is 5.02 Å². The molecule has 2 N–H and O–H groups in total. The number of hydrogen-bond donors (Lipinski definition) is 2. The van der Waals surface area contributed by atoms with Crippen molar-refractivity contribution in [2.24, 2.45) is 5.41 Å². The molecule has 2 aromatic carbocycles. The number of hydrogen-bond acceptors (Lipinski definition) is 5. The SMILES string of the molecule is CN1CC[C@](C)(C#Cc2cc3ncnc(Nc4cccc(Cl)c4F)c3cc2NC(=O)/C=C/CBr)C1. The van der Waals surface area contributed by atoms with Crippen LogP contribution < -0.4 is 10.6 Å². The Morgan fingerprint density at radius 3 is 2.91 bits per heavy atom. The zero-order chi connectivity index (χ0) is 25.0. The summed E-state index contributed by atoms with van der Waals surface area (Å²) in [6, 6.07) is 8.26. The molecule has 0 saturated carbocycles. The second-order valence-corrected chi connectivity index (χ2v) is 9.76. The summed E-state index contributed by atoms with van der Waals surface area (Å²) in [6.07, 6.45) is 5.52. The molecule has 3 aromatic rings. The molecule has 4 rings (SSSR count). The third kappa shape index (κ3) is 5.99. The van der Waals surface area contributed by atoms with Gasteiger partial charge in [-0.1, -0.05) is 51.5 Å². The van der Waals surface area contributed by atoms with Crippen LogP contribution in [0.15, 0.2) is 48.8 Å². The minimum atomic E-state index is -0.577. The van der Waals surface area contributed by atoms with Gasteiger partial charge >= 0.3 is 0 Å². The summed E-state index contributed by atoms with van der Waals surface area (Å²) in [5, 5.41) is 7.06. The van der Waals surface area contributed by atoms with E-state index in [1.807, 2.05) is 6.07 Å². The summed E-state index contributed by atoms with van der Waals surface area (Å²) in [4.78, 5) is 23.4. The Hall–Kier alpha value is -2.99. The third-order valence-corrected chi connectivity index (χ3v) is 6.42. The number of likely N-dealkylation sites (tertiary alicyclic amines) is 1. The minimum Gasteiger partial charge on any atom is -0.337 e. The Labute approximate surface area is 217 Å². The van der Waals surface area contributed by atoms with Crippen LogP contribution in [0.4, 0.5) is 21.6 Å². The van der Waals surface area contributed by atoms with Gasteiger partial charge in [-0.05, 0) is 51.2 Å². The summed E-state index contributed by atoms with van der Waals surface area (Å²) < 4.78 is 14.5. The van der Waals surface area contributed by atoms with Gasteiger partial charge in [0.2, 0.25) is 5.91 Å². The first-order chi connectivity index (χ1) is 16.8. The van der Waals surface area contributed by atoms with Gasteiger partial charge in [0.25, 0.3) is 0 Å². The standard InChI is InChI=1S/C26H24BrClFN5O/c1-26(10-12-34(2)15-26)9-8-17-13-22-18(14-21(17)32-23(35)7-4-11-27)25(31-16-30-22)33-20-6-3-5-19(28)24(20)29/h3-7,13-14,16H,10-12,15H2,1-2H3,(H,32,35)(H,30,31,33)/b7-4+/t26-/m0/s1. The summed E-state index contributed by atoms with van der Waals surface area (Å²) in [5.74, 6) is 6.19. The van der Waals surface area contributed by atoms with Gasteiger partial charge in [0.15, 0.2) is 5.82 Å². The van der Waals surface area contributed by atoms with Crippen molar-refractivity contribution >= 4 is 61.5 Å². The maximum Gasteiger partial charge on any atom is 0.248 e. The Morgan fingerprint density at radius 2 is 2.17 bits per heavy atom. The number of alkyl halides is 1. The number of nitrogens with zero attached hydrogens (tertiary/aromatic N) is 3. The van der Waals surface area contributed by atoms with Crippen molar-refractivity contribution in [2.75, 3.05) is 36.1 Å². The number of halogens is 3. The maximum absolute atomic E-state index is 14.5. The second kappa shape index (κ2) is 10.7. The molecule has 180 valence electrons. The van der Waals surface area contributed by atoms with Gasteiger partial charge in [0.1, 0.15) is 12.1 Å². The van der Waals surface area contributed by atoms with Crippen molar-refractivity contribution in [3.8, 4) is 11.8 Å². The fourth-order valence-electron chi connectivity index (χ4n) is 3.98. The zero-order valence-electron chi connectivity index (χ0n) is 19.3. The molecule has 1 fully saturated rings.